The van der Waals surface area contributed by atoms with Crippen molar-refractivity contribution in [1.82, 2.24) is 5.16 Å². The van der Waals surface area contributed by atoms with Gasteiger partial charge in [0.15, 0.2) is 5.70 Å². The highest BCUT2D eigenvalue weighted by Gasteiger charge is 2.31. The first-order chi connectivity index (χ1) is 13.8. The highest BCUT2D eigenvalue weighted by molar-refractivity contribution is 6.36. The summed E-state index contributed by atoms with van der Waals surface area (Å²) in [7, 11) is 0. The van der Waals surface area contributed by atoms with Gasteiger partial charge < -0.3 is 14.4 Å². The van der Waals surface area contributed by atoms with E-state index >= 15 is 0 Å². The summed E-state index contributed by atoms with van der Waals surface area (Å²) in [5.41, 5.74) is 1.60. The van der Waals surface area contributed by atoms with Crippen molar-refractivity contribution in [3.8, 4) is 17.0 Å². The summed E-state index contributed by atoms with van der Waals surface area (Å²) in [6.45, 7) is 1.67. The number of aromatic hydroxyl groups is 1. The molecule has 1 aliphatic heterocycles. The fourth-order valence-corrected chi connectivity index (χ4v) is 3.55. The molecule has 0 amide bonds. The van der Waals surface area contributed by atoms with Gasteiger partial charge >= 0.3 is 5.97 Å². The maximum absolute atomic E-state index is 12.4. The number of aliphatic imine (C=N–C) groups is 1. The Balaban J connectivity index is 1.81. The van der Waals surface area contributed by atoms with Crippen LogP contribution in [0.25, 0.3) is 17.3 Å². The van der Waals surface area contributed by atoms with Crippen molar-refractivity contribution in [2.75, 3.05) is 0 Å². The number of cyclic esters (lactones) is 1. The van der Waals surface area contributed by atoms with Crippen molar-refractivity contribution in [2.24, 2.45) is 4.99 Å². The van der Waals surface area contributed by atoms with E-state index in [0.29, 0.717) is 32.6 Å². The molecule has 0 spiro atoms. The lowest BCUT2D eigenvalue weighted by atomic mass is 10.1. The maximum Gasteiger partial charge on any atom is 0.363 e. The van der Waals surface area contributed by atoms with Gasteiger partial charge in [0.1, 0.15) is 22.8 Å². The smallest absolute Gasteiger partial charge is 0.363 e. The van der Waals surface area contributed by atoms with E-state index in [1.54, 1.807) is 31.2 Å². The van der Waals surface area contributed by atoms with Crippen molar-refractivity contribution in [1.29, 1.82) is 0 Å². The van der Waals surface area contributed by atoms with Crippen LogP contribution < -0.4 is 0 Å². The average Bonchev–Trinajstić information content (AvgIpc) is 3.22. The van der Waals surface area contributed by atoms with Crippen LogP contribution in [0, 0.1) is 6.92 Å². The lowest BCUT2D eigenvalue weighted by Crippen LogP contribution is -2.07. The fraction of sp³-hybridized carbons (Fsp3) is 0.0500. The average molecular weight is 450 g/mol. The van der Waals surface area contributed by atoms with Gasteiger partial charge in [-0.25, -0.2) is 9.79 Å². The molecule has 3 aromatic rings. The van der Waals surface area contributed by atoms with Crippen molar-refractivity contribution in [2.45, 2.75) is 6.92 Å². The third kappa shape index (κ3) is 3.62. The standard InChI is InChI=1S/C20H11Cl3N2O4/c1-9-16(17(25-29-9)12-4-2-3-5-13(12)22)19-24-15(20(27)28-19)7-10-6-11(21)8-14(23)18(10)26/h2-8,26H,1H3/b15-7+. The number of aromatic nitrogens is 1. The van der Waals surface area contributed by atoms with Crippen molar-refractivity contribution >= 4 is 52.7 Å². The number of nitrogens with zero attached hydrogens (tertiary/aromatic N) is 2. The minimum Gasteiger partial charge on any atom is -0.506 e. The molecular weight excluding hydrogens is 439 g/mol. The summed E-state index contributed by atoms with van der Waals surface area (Å²) in [5.74, 6) is -0.511. The quantitative estimate of drug-likeness (QED) is 0.412. The number of halogens is 3. The van der Waals surface area contributed by atoms with E-state index in [4.69, 9.17) is 44.1 Å². The Kier molecular flexibility index (Phi) is 5.08. The summed E-state index contributed by atoms with van der Waals surface area (Å²) >= 11 is 18.2. The first kappa shape index (κ1) is 19.5. The first-order valence-electron chi connectivity index (χ1n) is 8.27. The molecule has 2 heterocycles. The third-order valence-electron chi connectivity index (χ3n) is 4.18. The minimum absolute atomic E-state index is 0.0162. The number of esters is 1. The van der Waals surface area contributed by atoms with Gasteiger partial charge in [-0.1, -0.05) is 58.2 Å². The largest absolute Gasteiger partial charge is 0.506 e. The van der Waals surface area contributed by atoms with Gasteiger partial charge in [-0.15, -0.1) is 0 Å². The molecular formula is C20H11Cl3N2O4. The molecule has 1 aliphatic rings. The normalized spacial score (nSPS) is 15.0. The lowest BCUT2D eigenvalue weighted by Gasteiger charge is -2.03. The fourth-order valence-electron chi connectivity index (χ4n) is 2.82. The molecule has 9 heteroatoms. The van der Waals surface area contributed by atoms with Gasteiger partial charge in [-0.3, -0.25) is 0 Å². The molecule has 6 nitrogen and oxygen atoms in total. The third-order valence-corrected chi connectivity index (χ3v) is 5.01. The molecule has 4 rings (SSSR count). The Labute approximate surface area is 180 Å². The predicted octanol–water partition coefficient (Wildman–Crippen LogP) is 5.66. The zero-order valence-corrected chi connectivity index (χ0v) is 17.0. The summed E-state index contributed by atoms with van der Waals surface area (Å²) in [6, 6.07) is 9.91. The van der Waals surface area contributed by atoms with E-state index in [2.05, 4.69) is 10.1 Å². The van der Waals surface area contributed by atoms with Gasteiger partial charge in [-0.2, -0.15) is 0 Å². The van der Waals surface area contributed by atoms with Gasteiger partial charge in [0, 0.05) is 16.1 Å². The number of benzene rings is 2. The number of hydrogen-bond acceptors (Lipinski definition) is 6. The zero-order valence-electron chi connectivity index (χ0n) is 14.7. The van der Waals surface area contributed by atoms with E-state index in [1.165, 1.54) is 18.2 Å². The van der Waals surface area contributed by atoms with E-state index in [-0.39, 0.29) is 27.9 Å². The Hall–Kier alpha value is -2.80. The Morgan fingerprint density at radius 2 is 1.86 bits per heavy atom. The topological polar surface area (TPSA) is 84.9 Å². The van der Waals surface area contributed by atoms with Crippen molar-refractivity contribution in [3.63, 3.8) is 0 Å². The molecule has 0 bridgehead atoms. The number of ether oxygens (including phenoxy) is 1. The number of hydrogen-bond donors (Lipinski definition) is 1. The predicted molar refractivity (Wildman–Crippen MR) is 110 cm³/mol. The number of carbonyl (C=O) groups is 1. The molecule has 1 aromatic heterocycles. The van der Waals surface area contributed by atoms with Crippen LogP contribution >= 0.6 is 34.8 Å². The molecule has 146 valence electrons. The summed E-state index contributed by atoms with van der Waals surface area (Å²) in [6.07, 6.45) is 1.33. The Morgan fingerprint density at radius 3 is 2.62 bits per heavy atom. The Bertz CT molecular complexity index is 1210. The molecule has 2 aromatic carbocycles. The minimum atomic E-state index is -0.707. The van der Waals surface area contributed by atoms with Crippen LogP contribution in [0.15, 0.2) is 51.6 Å². The zero-order chi connectivity index (χ0) is 20.7. The number of phenolic OH excluding ortho intramolecular Hbond substituents is 1. The molecule has 0 atom stereocenters. The monoisotopic (exact) mass is 448 g/mol. The van der Waals surface area contributed by atoms with Gasteiger partial charge in [-0.05, 0) is 31.2 Å². The van der Waals surface area contributed by atoms with Crippen LogP contribution in [0.1, 0.15) is 16.9 Å². The van der Waals surface area contributed by atoms with Crippen molar-refractivity contribution in [3.05, 3.63) is 74.1 Å². The van der Waals surface area contributed by atoms with Crippen LogP contribution in [0.3, 0.4) is 0 Å². The highest BCUT2D eigenvalue weighted by atomic mass is 35.5. The van der Waals surface area contributed by atoms with Gasteiger partial charge in [0.2, 0.25) is 5.90 Å². The van der Waals surface area contributed by atoms with E-state index in [0.717, 1.165) is 0 Å². The molecule has 0 saturated heterocycles. The molecule has 1 N–H and O–H groups in total. The molecule has 0 unspecified atom stereocenters. The summed E-state index contributed by atoms with van der Waals surface area (Å²) < 4.78 is 10.6. The van der Waals surface area contributed by atoms with Crippen LogP contribution in [0.4, 0.5) is 0 Å². The molecule has 0 aliphatic carbocycles. The molecule has 29 heavy (non-hydrogen) atoms. The van der Waals surface area contributed by atoms with E-state index in [1.807, 2.05) is 0 Å². The molecule has 0 fully saturated rings. The highest BCUT2D eigenvalue weighted by Crippen LogP contribution is 2.35. The van der Waals surface area contributed by atoms with Crippen LogP contribution in [-0.2, 0) is 9.53 Å². The Morgan fingerprint density at radius 1 is 1.10 bits per heavy atom. The molecule has 0 radical (unpaired) electrons. The SMILES string of the molecule is Cc1onc(-c2ccccc2Cl)c1C1=N/C(=C/c2cc(Cl)cc(Cl)c2O)C(=O)O1. The van der Waals surface area contributed by atoms with E-state index in [9.17, 15) is 9.90 Å². The first-order valence-corrected chi connectivity index (χ1v) is 9.40. The number of aryl methyl sites for hydroxylation is 1. The number of rotatable bonds is 3. The number of carbonyl (C=O) groups excluding carboxylic acids is 1. The maximum atomic E-state index is 12.4. The van der Waals surface area contributed by atoms with Crippen LogP contribution in [0.2, 0.25) is 15.1 Å². The second kappa shape index (κ2) is 7.55. The summed E-state index contributed by atoms with van der Waals surface area (Å²) in [4.78, 5) is 16.6. The van der Waals surface area contributed by atoms with Crippen LogP contribution in [-0.4, -0.2) is 22.1 Å². The second-order valence-corrected chi connectivity index (χ2v) is 7.35. The van der Waals surface area contributed by atoms with Gasteiger partial charge in [0.05, 0.1) is 10.0 Å². The second-order valence-electron chi connectivity index (χ2n) is 6.10. The molecule has 0 saturated carbocycles. The van der Waals surface area contributed by atoms with Gasteiger partial charge in [0.25, 0.3) is 0 Å². The van der Waals surface area contributed by atoms with E-state index < -0.39 is 5.97 Å². The number of phenols is 1. The summed E-state index contributed by atoms with van der Waals surface area (Å²) in [5, 5.41) is 15.0. The van der Waals surface area contributed by atoms with Crippen molar-refractivity contribution < 1.29 is 19.2 Å². The lowest BCUT2D eigenvalue weighted by molar-refractivity contribution is -0.129. The van der Waals surface area contributed by atoms with Crippen LogP contribution in [0.5, 0.6) is 5.75 Å².